The van der Waals surface area contributed by atoms with Gasteiger partial charge in [-0.05, 0) is 50.7 Å². The lowest BCUT2D eigenvalue weighted by Gasteiger charge is -2.33. The number of para-hydroxylation sites is 1. The Morgan fingerprint density at radius 1 is 1.00 bits per heavy atom. The highest BCUT2D eigenvalue weighted by molar-refractivity contribution is 7.89. The van der Waals surface area contributed by atoms with Crippen LogP contribution < -0.4 is 5.32 Å². The number of sulfonamides is 1. The van der Waals surface area contributed by atoms with Crippen molar-refractivity contribution in [1.29, 1.82) is 0 Å². The van der Waals surface area contributed by atoms with E-state index in [1.807, 2.05) is 48.9 Å². The number of aryl methyl sites for hydroxylation is 1. The number of benzene rings is 2. The third-order valence-corrected chi connectivity index (χ3v) is 8.21. The third-order valence-electron chi connectivity index (χ3n) is 6.31. The number of hydrogen-bond acceptors (Lipinski definition) is 5. The van der Waals surface area contributed by atoms with Gasteiger partial charge in [-0.1, -0.05) is 31.2 Å². The lowest BCUT2D eigenvalue weighted by Crippen LogP contribution is -2.48. The molecule has 4 rings (SSSR count). The molecule has 2 heterocycles. The Labute approximate surface area is 201 Å². The van der Waals surface area contributed by atoms with Gasteiger partial charge in [0.1, 0.15) is 0 Å². The fourth-order valence-corrected chi connectivity index (χ4v) is 5.76. The second kappa shape index (κ2) is 10.1. The summed E-state index contributed by atoms with van der Waals surface area (Å²) >= 11 is 0. The quantitative estimate of drug-likeness (QED) is 0.561. The Balaban J connectivity index is 1.47. The Hall–Kier alpha value is -3.01. The van der Waals surface area contributed by atoms with Crippen molar-refractivity contribution < 1.29 is 13.2 Å². The minimum Gasteiger partial charge on any atom is -0.326 e. The van der Waals surface area contributed by atoms with Crippen LogP contribution in [0.4, 0.5) is 5.69 Å². The molecule has 180 valence electrons. The Morgan fingerprint density at radius 2 is 1.71 bits per heavy atom. The van der Waals surface area contributed by atoms with Gasteiger partial charge in [-0.2, -0.15) is 9.40 Å². The molecule has 1 saturated heterocycles. The van der Waals surface area contributed by atoms with Crippen molar-refractivity contribution in [3.63, 3.8) is 0 Å². The summed E-state index contributed by atoms with van der Waals surface area (Å²) in [4.78, 5) is 15.3. The van der Waals surface area contributed by atoms with Gasteiger partial charge in [0.05, 0.1) is 22.7 Å². The van der Waals surface area contributed by atoms with Crippen molar-refractivity contribution in [2.45, 2.75) is 32.1 Å². The number of aromatic nitrogens is 2. The average Bonchev–Trinajstić information content (AvgIpc) is 3.13. The summed E-state index contributed by atoms with van der Waals surface area (Å²) in [5.41, 5.74) is 3.95. The van der Waals surface area contributed by atoms with Gasteiger partial charge >= 0.3 is 0 Å². The number of rotatable bonds is 7. The van der Waals surface area contributed by atoms with E-state index in [9.17, 15) is 13.2 Å². The Kier molecular flexibility index (Phi) is 7.16. The molecule has 0 saturated carbocycles. The van der Waals surface area contributed by atoms with E-state index in [1.165, 1.54) is 10.4 Å². The smallest absolute Gasteiger partial charge is 0.243 e. The highest BCUT2D eigenvalue weighted by atomic mass is 32.2. The summed E-state index contributed by atoms with van der Waals surface area (Å²) < 4.78 is 29.6. The zero-order valence-corrected chi connectivity index (χ0v) is 20.7. The minimum absolute atomic E-state index is 0.153. The van der Waals surface area contributed by atoms with Crippen LogP contribution in [0.1, 0.15) is 23.9 Å². The minimum atomic E-state index is -3.61. The van der Waals surface area contributed by atoms with Crippen molar-refractivity contribution in [3.05, 3.63) is 71.5 Å². The molecule has 1 N–H and O–H groups in total. The summed E-state index contributed by atoms with van der Waals surface area (Å²) in [6.07, 6.45) is 0.153. The number of amides is 1. The molecule has 0 radical (unpaired) electrons. The summed E-state index contributed by atoms with van der Waals surface area (Å²) in [5, 5.41) is 7.46. The predicted octanol–water partition coefficient (Wildman–Crippen LogP) is 3.00. The number of hydrogen-bond donors (Lipinski definition) is 1. The molecule has 1 aliphatic heterocycles. The molecular weight excluding hydrogens is 450 g/mol. The molecule has 0 atom stereocenters. The predicted molar refractivity (Wildman–Crippen MR) is 133 cm³/mol. The molecule has 3 aromatic rings. The number of piperazine rings is 1. The van der Waals surface area contributed by atoms with E-state index in [0.29, 0.717) is 18.8 Å². The first-order chi connectivity index (χ1) is 16.3. The van der Waals surface area contributed by atoms with Gasteiger partial charge in [0, 0.05) is 43.1 Å². The Morgan fingerprint density at radius 3 is 2.38 bits per heavy atom. The number of nitrogens with one attached hydrogen (secondary N) is 1. The second-order valence-corrected chi connectivity index (χ2v) is 10.4. The first-order valence-electron chi connectivity index (χ1n) is 11.5. The Bertz CT molecular complexity index is 1260. The highest BCUT2D eigenvalue weighted by Gasteiger charge is 2.28. The van der Waals surface area contributed by atoms with E-state index in [-0.39, 0.29) is 17.2 Å². The molecule has 0 spiro atoms. The van der Waals surface area contributed by atoms with Crippen LogP contribution >= 0.6 is 0 Å². The van der Waals surface area contributed by atoms with Gasteiger partial charge in [-0.25, -0.2) is 13.1 Å². The maximum atomic E-state index is 13.1. The fraction of sp³-hybridized carbons (Fsp3) is 0.360. The highest BCUT2D eigenvalue weighted by Crippen LogP contribution is 2.22. The molecule has 1 amide bonds. The first-order valence-corrected chi connectivity index (χ1v) is 13.0. The molecule has 0 bridgehead atoms. The van der Waals surface area contributed by atoms with E-state index in [4.69, 9.17) is 0 Å². The van der Waals surface area contributed by atoms with E-state index in [2.05, 4.69) is 22.2 Å². The number of anilines is 1. The molecule has 1 aliphatic rings. The van der Waals surface area contributed by atoms with Gasteiger partial charge in [0.15, 0.2) is 0 Å². The van der Waals surface area contributed by atoms with Crippen LogP contribution in [0.15, 0.2) is 59.5 Å². The van der Waals surface area contributed by atoms with Crippen molar-refractivity contribution in [2.24, 2.45) is 0 Å². The van der Waals surface area contributed by atoms with Crippen LogP contribution in [0.3, 0.4) is 0 Å². The fourth-order valence-electron chi connectivity index (χ4n) is 4.29. The number of nitrogens with zero attached hydrogens (tertiary/aromatic N) is 4. The maximum absolute atomic E-state index is 13.1. The number of carbonyl (C=O) groups excluding carboxylic acids is 1. The number of likely N-dealkylation sites (N-methyl/N-ethyl adjacent to an activating group) is 1. The van der Waals surface area contributed by atoms with Gasteiger partial charge < -0.3 is 10.2 Å². The maximum Gasteiger partial charge on any atom is 0.243 e. The summed E-state index contributed by atoms with van der Waals surface area (Å²) in [6.45, 7) is 9.21. The monoisotopic (exact) mass is 481 g/mol. The van der Waals surface area contributed by atoms with Crippen LogP contribution in [0.25, 0.3) is 5.69 Å². The summed E-state index contributed by atoms with van der Waals surface area (Å²) in [7, 11) is -3.61. The lowest BCUT2D eigenvalue weighted by atomic mass is 10.1. The van der Waals surface area contributed by atoms with Gasteiger partial charge in [0.2, 0.25) is 15.9 Å². The van der Waals surface area contributed by atoms with E-state index >= 15 is 0 Å². The molecular formula is C25H31N5O3S. The SMILES string of the molecule is CCN1CCN(S(=O)(=O)c2cccc(NC(=O)Cc3c(C)nn(-c4ccccc4)c3C)c2)CC1. The average molecular weight is 482 g/mol. The molecule has 1 aromatic heterocycles. The first kappa shape index (κ1) is 24.1. The van der Waals surface area contributed by atoms with Crippen molar-refractivity contribution in [2.75, 3.05) is 38.0 Å². The van der Waals surface area contributed by atoms with Crippen LogP contribution in [0.5, 0.6) is 0 Å². The molecule has 8 nitrogen and oxygen atoms in total. The standard InChI is InChI=1S/C25H31N5O3S/c1-4-28-13-15-29(16-14-28)34(32,33)23-12-8-9-21(17-23)26-25(31)18-24-19(2)27-30(20(24)3)22-10-6-5-7-11-22/h5-12,17H,4,13-16,18H2,1-3H3,(H,26,31). The lowest BCUT2D eigenvalue weighted by molar-refractivity contribution is -0.115. The van der Waals surface area contributed by atoms with Gasteiger partial charge in [-0.3, -0.25) is 4.79 Å². The normalized spacial score (nSPS) is 15.4. The van der Waals surface area contributed by atoms with E-state index < -0.39 is 10.0 Å². The molecule has 34 heavy (non-hydrogen) atoms. The van der Waals surface area contributed by atoms with Crippen LogP contribution in [0, 0.1) is 13.8 Å². The van der Waals surface area contributed by atoms with E-state index in [1.54, 1.807) is 18.2 Å². The largest absolute Gasteiger partial charge is 0.326 e. The zero-order valence-electron chi connectivity index (χ0n) is 19.9. The molecule has 0 aliphatic carbocycles. The second-order valence-electron chi connectivity index (χ2n) is 8.49. The van der Waals surface area contributed by atoms with Crippen LogP contribution in [0.2, 0.25) is 0 Å². The molecule has 1 fully saturated rings. The van der Waals surface area contributed by atoms with Gasteiger partial charge in [0.25, 0.3) is 0 Å². The van der Waals surface area contributed by atoms with Crippen molar-refractivity contribution in [1.82, 2.24) is 19.0 Å². The van der Waals surface area contributed by atoms with Crippen molar-refractivity contribution >= 4 is 21.6 Å². The number of carbonyl (C=O) groups is 1. The molecule has 2 aromatic carbocycles. The third kappa shape index (κ3) is 5.06. The van der Waals surface area contributed by atoms with Crippen molar-refractivity contribution in [3.8, 4) is 5.69 Å². The zero-order chi connectivity index (χ0) is 24.3. The van der Waals surface area contributed by atoms with Gasteiger partial charge in [-0.15, -0.1) is 0 Å². The summed E-state index contributed by atoms with van der Waals surface area (Å²) in [5.74, 6) is -0.218. The summed E-state index contributed by atoms with van der Waals surface area (Å²) in [6, 6.07) is 16.3. The molecule has 9 heteroatoms. The van der Waals surface area contributed by atoms with Crippen LogP contribution in [-0.4, -0.2) is 66.0 Å². The topological polar surface area (TPSA) is 87.5 Å². The van der Waals surface area contributed by atoms with E-state index in [0.717, 1.165) is 42.3 Å². The molecule has 0 unspecified atom stereocenters. The van der Waals surface area contributed by atoms with Crippen LogP contribution in [-0.2, 0) is 21.2 Å².